The van der Waals surface area contributed by atoms with Crippen LogP contribution in [0.2, 0.25) is 0 Å². The number of nitrogens with zero attached hydrogens (tertiary/aromatic N) is 2. The minimum atomic E-state index is -1.29. The zero-order chi connectivity index (χ0) is 11.2. The van der Waals surface area contributed by atoms with Crippen LogP contribution in [-0.4, -0.2) is 20.9 Å². The first-order chi connectivity index (χ1) is 6.98. The Hall–Kier alpha value is -1.36. The standard InChI is InChI=1S/C10H15N3O2/c1-6-3-4-7-5-12-13(2)8(7)10(6,11)9(14)15/h5-6H,3-4,11H2,1-2H3,(H,14,15). The zero-order valence-electron chi connectivity index (χ0n) is 8.90. The summed E-state index contributed by atoms with van der Waals surface area (Å²) >= 11 is 0. The molecular formula is C10H15N3O2. The smallest absolute Gasteiger partial charge is 0.330 e. The van der Waals surface area contributed by atoms with Crippen molar-refractivity contribution < 1.29 is 9.90 Å². The molecule has 5 heteroatoms. The molecule has 1 aliphatic carbocycles. The normalized spacial score (nSPS) is 29.9. The number of rotatable bonds is 1. The molecule has 0 saturated carbocycles. The molecule has 1 aromatic rings. The van der Waals surface area contributed by atoms with E-state index in [1.807, 2.05) is 6.92 Å². The van der Waals surface area contributed by atoms with E-state index in [1.54, 1.807) is 17.9 Å². The Balaban J connectivity index is 2.64. The van der Waals surface area contributed by atoms with Crippen molar-refractivity contribution in [3.05, 3.63) is 17.5 Å². The van der Waals surface area contributed by atoms with Gasteiger partial charge < -0.3 is 10.8 Å². The second kappa shape index (κ2) is 3.06. The van der Waals surface area contributed by atoms with E-state index in [2.05, 4.69) is 5.10 Å². The third-order valence-electron chi connectivity index (χ3n) is 3.38. The highest BCUT2D eigenvalue weighted by atomic mass is 16.4. The van der Waals surface area contributed by atoms with E-state index in [0.717, 1.165) is 18.4 Å². The molecule has 0 fully saturated rings. The molecule has 15 heavy (non-hydrogen) atoms. The number of fused-ring (bicyclic) bond motifs is 1. The van der Waals surface area contributed by atoms with Crippen molar-refractivity contribution >= 4 is 5.97 Å². The number of carboxylic acid groups (broad SMARTS) is 1. The molecule has 2 rings (SSSR count). The van der Waals surface area contributed by atoms with Crippen molar-refractivity contribution in [1.82, 2.24) is 9.78 Å². The lowest BCUT2D eigenvalue weighted by atomic mass is 9.74. The van der Waals surface area contributed by atoms with Gasteiger partial charge in [-0.05, 0) is 24.3 Å². The molecule has 2 unspecified atom stereocenters. The van der Waals surface area contributed by atoms with Crippen LogP contribution in [0.5, 0.6) is 0 Å². The molecule has 1 aromatic heterocycles. The summed E-state index contributed by atoms with van der Waals surface area (Å²) in [6.07, 6.45) is 3.36. The molecule has 3 N–H and O–H groups in total. The zero-order valence-corrected chi connectivity index (χ0v) is 8.90. The summed E-state index contributed by atoms with van der Waals surface area (Å²) in [5.41, 5.74) is 6.35. The third kappa shape index (κ3) is 1.19. The van der Waals surface area contributed by atoms with E-state index in [-0.39, 0.29) is 5.92 Å². The molecular weight excluding hydrogens is 194 g/mol. The van der Waals surface area contributed by atoms with Crippen LogP contribution in [0.15, 0.2) is 6.20 Å². The maximum absolute atomic E-state index is 11.3. The Morgan fingerprint density at radius 2 is 2.47 bits per heavy atom. The van der Waals surface area contributed by atoms with Gasteiger partial charge in [-0.25, -0.2) is 4.79 Å². The van der Waals surface area contributed by atoms with Gasteiger partial charge in [0.1, 0.15) is 0 Å². The molecule has 82 valence electrons. The number of hydrogen-bond acceptors (Lipinski definition) is 3. The SMILES string of the molecule is CC1CCc2cnn(C)c2C1(N)C(=O)O. The maximum atomic E-state index is 11.3. The molecule has 0 saturated heterocycles. The lowest BCUT2D eigenvalue weighted by molar-refractivity contribution is -0.146. The van der Waals surface area contributed by atoms with Gasteiger partial charge in [0.05, 0.1) is 11.9 Å². The molecule has 0 aromatic carbocycles. The van der Waals surface area contributed by atoms with Crippen LogP contribution in [0.1, 0.15) is 24.6 Å². The first-order valence-electron chi connectivity index (χ1n) is 5.01. The van der Waals surface area contributed by atoms with E-state index in [9.17, 15) is 9.90 Å². The lowest BCUT2D eigenvalue weighted by Crippen LogP contribution is -2.53. The van der Waals surface area contributed by atoms with Gasteiger partial charge in [0, 0.05) is 7.05 Å². The van der Waals surface area contributed by atoms with Crippen LogP contribution < -0.4 is 5.73 Å². The number of aromatic nitrogens is 2. The molecule has 0 bridgehead atoms. The van der Waals surface area contributed by atoms with Crippen molar-refractivity contribution in [3.63, 3.8) is 0 Å². The number of hydrogen-bond donors (Lipinski definition) is 2. The highest BCUT2D eigenvalue weighted by Gasteiger charge is 2.47. The van der Waals surface area contributed by atoms with Gasteiger partial charge in [-0.1, -0.05) is 6.92 Å². The molecule has 0 aliphatic heterocycles. The van der Waals surface area contributed by atoms with Crippen LogP contribution in [0.4, 0.5) is 0 Å². The predicted octanol–water partition coefficient (Wildman–Crippen LogP) is 0.241. The Morgan fingerprint density at radius 3 is 3.07 bits per heavy atom. The quantitative estimate of drug-likeness (QED) is 0.694. The predicted molar refractivity (Wildman–Crippen MR) is 54.2 cm³/mol. The molecule has 0 radical (unpaired) electrons. The minimum Gasteiger partial charge on any atom is -0.480 e. The Labute approximate surface area is 87.9 Å². The van der Waals surface area contributed by atoms with E-state index < -0.39 is 11.5 Å². The van der Waals surface area contributed by atoms with Gasteiger partial charge >= 0.3 is 5.97 Å². The molecule has 0 amide bonds. The van der Waals surface area contributed by atoms with E-state index in [1.165, 1.54) is 0 Å². The van der Waals surface area contributed by atoms with E-state index in [4.69, 9.17) is 5.73 Å². The second-order valence-electron chi connectivity index (χ2n) is 4.26. The summed E-state index contributed by atoms with van der Waals surface area (Å²) in [5, 5.41) is 13.4. The average molecular weight is 209 g/mol. The monoisotopic (exact) mass is 209 g/mol. The number of carboxylic acids is 1. The number of nitrogens with two attached hydrogens (primary N) is 1. The fraction of sp³-hybridized carbons (Fsp3) is 0.600. The Kier molecular flexibility index (Phi) is 2.08. The van der Waals surface area contributed by atoms with Crippen molar-refractivity contribution in [1.29, 1.82) is 0 Å². The summed E-state index contributed by atoms with van der Waals surface area (Å²) in [7, 11) is 1.74. The van der Waals surface area contributed by atoms with Crippen LogP contribution in [0.25, 0.3) is 0 Å². The molecule has 1 aliphatic rings. The average Bonchev–Trinajstić information content (AvgIpc) is 2.54. The highest BCUT2D eigenvalue weighted by molar-refractivity contribution is 5.81. The van der Waals surface area contributed by atoms with Crippen LogP contribution in [-0.2, 0) is 23.8 Å². The number of aryl methyl sites for hydroxylation is 2. The molecule has 0 spiro atoms. The van der Waals surface area contributed by atoms with Crippen LogP contribution in [0.3, 0.4) is 0 Å². The second-order valence-corrected chi connectivity index (χ2v) is 4.26. The molecule has 1 heterocycles. The largest absolute Gasteiger partial charge is 0.480 e. The fourth-order valence-corrected chi connectivity index (χ4v) is 2.34. The number of carbonyl (C=O) groups is 1. The Morgan fingerprint density at radius 1 is 1.80 bits per heavy atom. The van der Waals surface area contributed by atoms with Crippen molar-refractivity contribution in [3.8, 4) is 0 Å². The van der Waals surface area contributed by atoms with Crippen LogP contribution >= 0.6 is 0 Å². The fourth-order valence-electron chi connectivity index (χ4n) is 2.34. The van der Waals surface area contributed by atoms with Gasteiger partial charge in [-0.3, -0.25) is 4.68 Å². The van der Waals surface area contributed by atoms with Gasteiger partial charge in [0.15, 0.2) is 5.54 Å². The molecule has 2 atom stereocenters. The Bertz CT molecular complexity index is 413. The van der Waals surface area contributed by atoms with Crippen molar-refractivity contribution in [2.45, 2.75) is 25.3 Å². The first-order valence-corrected chi connectivity index (χ1v) is 5.01. The lowest BCUT2D eigenvalue weighted by Gasteiger charge is -2.35. The van der Waals surface area contributed by atoms with Gasteiger partial charge in [-0.15, -0.1) is 0 Å². The van der Waals surface area contributed by atoms with Crippen molar-refractivity contribution in [2.24, 2.45) is 18.7 Å². The topological polar surface area (TPSA) is 81.1 Å². The summed E-state index contributed by atoms with van der Waals surface area (Å²) in [5.74, 6) is -1.04. The van der Waals surface area contributed by atoms with E-state index >= 15 is 0 Å². The maximum Gasteiger partial charge on any atom is 0.330 e. The van der Waals surface area contributed by atoms with E-state index in [0.29, 0.717) is 5.69 Å². The summed E-state index contributed by atoms with van der Waals surface area (Å²) in [4.78, 5) is 11.3. The minimum absolute atomic E-state index is 0.0714. The van der Waals surface area contributed by atoms with Gasteiger partial charge in [0.2, 0.25) is 0 Å². The summed E-state index contributed by atoms with van der Waals surface area (Å²) in [6, 6.07) is 0. The van der Waals surface area contributed by atoms with Crippen molar-refractivity contribution in [2.75, 3.05) is 0 Å². The third-order valence-corrected chi connectivity index (χ3v) is 3.38. The van der Waals surface area contributed by atoms with Gasteiger partial charge in [-0.2, -0.15) is 5.10 Å². The first kappa shape index (κ1) is 10.2. The summed E-state index contributed by atoms with van der Waals surface area (Å²) < 4.78 is 1.58. The van der Waals surface area contributed by atoms with Crippen LogP contribution in [0, 0.1) is 5.92 Å². The summed E-state index contributed by atoms with van der Waals surface area (Å²) in [6.45, 7) is 1.88. The number of aliphatic carboxylic acids is 1. The van der Waals surface area contributed by atoms with Gasteiger partial charge in [0.25, 0.3) is 0 Å². The highest BCUT2D eigenvalue weighted by Crippen LogP contribution is 2.37. The molecule has 5 nitrogen and oxygen atoms in total.